The summed E-state index contributed by atoms with van der Waals surface area (Å²) >= 11 is 5.71. The van der Waals surface area contributed by atoms with Gasteiger partial charge < -0.3 is 5.32 Å². The highest BCUT2D eigenvalue weighted by Crippen LogP contribution is 2.18. The zero-order valence-electron chi connectivity index (χ0n) is 11.6. The molecule has 0 saturated carbocycles. The van der Waals surface area contributed by atoms with Gasteiger partial charge in [-0.1, -0.05) is 31.5 Å². The minimum absolute atomic E-state index is 0.196. The molecule has 0 aromatic heterocycles. The van der Waals surface area contributed by atoms with Crippen molar-refractivity contribution in [3.8, 4) is 0 Å². The maximum Gasteiger partial charge on any atom is 0.142 e. The van der Waals surface area contributed by atoms with E-state index in [0.717, 1.165) is 31.7 Å². The number of benzene rings is 1. The Kier molecular flexibility index (Phi) is 5.20. The smallest absolute Gasteiger partial charge is 0.142 e. The predicted molar refractivity (Wildman–Crippen MR) is 77.9 cm³/mol. The standard InChI is InChI=1S/C15H22ClFN2/c1-11(2)7-13-10-19(6-5-18-13)9-12-3-4-14(16)15(17)8-12/h3-4,8,11,13,18H,5-7,9-10H2,1-2H3. The average molecular weight is 285 g/mol. The Balaban J connectivity index is 1.92. The molecule has 0 spiro atoms. The minimum atomic E-state index is -0.326. The second-order valence-corrected chi connectivity index (χ2v) is 6.17. The number of rotatable bonds is 4. The highest BCUT2D eigenvalue weighted by molar-refractivity contribution is 6.30. The van der Waals surface area contributed by atoms with Crippen molar-refractivity contribution in [2.75, 3.05) is 19.6 Å². The van der Waals surface area contributed by atoms with Gasteiger partial charge in [-0.3, -0.25) is 4.90 Å². The average Bonchev–Trinajstić information content (AvgIpc) is 2.33. The van der Waals surface area contributed by atoms with Crippen LogP contribution in [-0.2, 0) is 6.54 Å². The Morgan fingerprint density at radius 1 is 1.47 bits per heavy atom. The normalized spacial score (nSPS) is 21.0. The van der Waals surface area contributed by atoms with Gasteiger partial charge in [0.05, 0.1) is 5.02 Å². The highest BCUT2D eigenvalue weighted by atomic mass is 35.5. The Labute approximate surface area is 119 Å². The lowest BCUT2D eigenvalue weighted by atomic mass is 10.0. The van der Waals surface area contributed by atoms with Crippen LogP contribution in [0.4, 0.5) is 4.39 Å². The molecule has 1 aromatic rings. The lowest BCUT2D eigenvalue weighted by molar-refractivity contribution is 0.179. The van der Waals surface area contributed by atoms with Crippen LogP contribution in [0, 0.1) is 11.7 Å². The van der Waals surface area contributed by atoms with E-state index in [9.17, 15) is 4.39 Å². The molecule has 1 atom stereocenters. The first-order chi connectivity index (χ1) is 9.04. The summed E-state index contributed by atoms with van der Waals surface area (Å²) in [7, 11) is 0. The van der Waals surface area contributed by atoms with E-state index < -0.39 is 0 Å². The van der Waals surface area contributed by atoms with Crippen LogP contribution in [0.2, 0.25) is 5.02 Å². The molecule has 0 radical (unpaired) electrons. The first-order valence-corrected chi connectivity index (χ1v) is 7.32. The number of nitrogens with one attached hydrogen (secondary N) is 1. The van der Waals surface area contributed by atoms with Crippen LogP contribution in [0.1, 0.15) is 25.8 Å². The molecule has 1 heterocycles. The molecular weight excluding hydrogens is 263 g/mol. The molecular formula is C15H22ClFN2. The topological polar surface area (TPSA) is 15.3 Å². The second-order valence-electron chi connectivity index (χ2n) is 5.76. The molecule has 1 aromatic carbocycles. The van der Waals surface area contributed by atoms with Gasteiger partial charge in [-0.25, -0.2) is 4.39 Å². The summed E-state index contributed by atoms with van der Waals surface area (Å²) in [5.74, 6) is 0.374. The molecule has 2 rings (SSSR count). The zero-order chi connectivity index (χ0) is 13.8. The molecule has 4 heteroatoms. The number of hydrogen-bond acceptors (Lipinski definition) is 2. The van der Waals surface area contributed by atoms with Gasteiger partial charge in [-0.15, -0.1) is 0 Å². The summed E-state index contributed by atoms with van der Waals surface area (Å²) < 4.78 is 13.4. The quantitative estimate of drug-likeness (QED) is 0.913. The molecule has 1 saturated heterocycles. The monoisotopic (exact) mass is 284 g/mol. The fourth-order valence-corrected chi connectivity index (χ4v) is 2.78. The van der Waals surface area contributed by atoms with E-state index in [-0.39, 0.29) is 10.8 Å². The molecule has 2 nitrogen and oxygen atoms in total. The molecule has 1 unspecified atom stereocenters. The van der Waals surface area contributed by atoms with E-state index in [4.69, 9.17) is 11.6 Å². The van der Waals surface area contributed by atoms with E-state index >= 15 is 0 Å². The van der Waals surface area contributed by atoms with E-state index in [1.807, 2.05) is 6.07 Å². The third-order valence-corrected chi connectivity index (χ3v) is 3.79. The van der Waals surface area contributed by atoms with Gasteiger partial charge in [0.15, 0.2) is 0 Å². The molecule has 0 aliphatic carbocycles. The van der Waals surface area contributed by atoms with E-state index in [2.05, 4.69) is 24.1 Å². The molecule has 19 heavy (non-hydrogen) atoms. The van der Waals surface area contributed by atoms with Gasteiger partial charge in [-0.05, 0) is 30.0 Å². The SMILES string of the molecule is CC(C)CC1CN(Cc2ccc(Cl)c(F)c2)CCN1. The van der Waals surface area contributed by atoms with Gasteiger partial charge >= 0.3 is 0 Å². The summed E-state index contributed by atoms with van der Waals surface area (Å²) in [6, 6.07) is 5.64. The number of halogens is 2. The molecule has 1 N–H and O–H groups in total. The van der Waals surface area contributed by atoms with Crippen LogP contribution in [0.5, 0.6) is 0 Å². The number of nitrogens with zero attached hydrogens (tertiary/aromatic N) is 1. The largest absolute Gasteiger partial charge is 0.311 e. The fourth-order valence-electron chi connectivity index (χ4n) is 2.66. The van der Waals surface area contributed by atoms with Crippen LogP contribution in [0.3, 0.4) is 0 Å². The third kappa shape index (κ3) is 4.44. The maximum atomic E-state index is 13.4. The van der Waals surface area contributed by atoms with Gasteiger partial charge in [0.1, 0.15) is 5.82 Å². The Morgan fingerprint density at radius 2 is 2.26 bits per heavy atom. The van der Waals surface area contributed by atoms with Crippen LogP contribution < -0.4 is 5.32 Å². The zero-order valence-corrected chi connectivity index (χ0v) is 12.4. The van der Waals surface area contributed by atoms with Crippen molar-refractivity contribution in [3.05, 3.63) is 34.6 Å². The molecule has 1 aliphatic heterocycles. The highest BCUT2D eigenvalue weighted by Gasteiger charge is 2.20. The predicted octanol–water partition coefficient (Wildman–Crippen LogP) is 3.30. The third-order valence-electron chi connectivity index (χ3n) is 3.49. The van der Waals surface area contributed by atoms with Crippen molar-refractivity contribution in [2.24, 2.45) is 5.92 Å². The van der Waals surface area contributed by atoms with E-state index in [1.54, 1.807) is 12.1 Å². The van der Waals surface area contributed by atoms with Crippen molar-refractivity contribution in [2.45, 2.75) is 32.9 Å². The van der Waals surface area contributed by atoms with Crippen molar-refractivity contribution in [1.29, 1.82) is 0 Å². The van der Waals surface area contributed by atoms with Crippen molar-refractivity contribution in [3.63, 3.8) is 0 Å². The van der Waals surface area contributed by atoms with Gasteiger partial charge in [0, 0.05) is 32.2 Å². The van der Waals surface area contributed by atoms with Gasteiger partial charge in [-0.2, -0.15) is 0 Å². The summed E-state index contributed by atoms with van der Waals surface area (Å²) in [6.45, 7) is 8.34. The van der Waals surface area contributed by atoms with Crippen LogP contribution in [0.25, 0.3) is 0 Å². The lowest BCUT2D eigenvalue weighted by Gasteiger charge is -2.34. The Bertz CT molecular complexity index is 423. The Morgan fingerprint density at radius 3 is 2.95 bits per heavy atom. The van der Waals surface area contributed by atoms with E-state index in [0.29, 0.717) is 12.0 Å². The first-order valence-electron chi connectivity index (χ1n) is 6.94. The molecule has 0 bridgehead atoms. The Hall–Kier alpha value is -0.640. The summed E-state index contributed by atoms with van der Waals surface area (Å²) in [6.07, 6.45) is 1.19. The van der Waals surface area contributed by atoms with Crippen LogP contribution in [0.15, 0.2) is 18.2 Å². The van der Waals surface area contributed by atoms with Crippen LogP contribution >= 0.6 is 11.6 Å². The second kappa shape index (κ2) is 6.69. The van der Waals surface area contributed by atoms with Crippen LogP contribution in [-0.4, -0.2) is 30.6 Å². The minimum Gasteiger partial charge on any atom is -0.311 e. The fraction of sp³-hybridized carbons (Fsp3) is 0.600. The van der Waals surface area contributed by atoms with Crippen molar-refractivity contribution in [1.82, 2.24) is 10.2 Å². The first kappa shape index (κ1) is 14.8. The summed E-state index contributed by atoms with van der Waals surface area (Å²) in [4.78, 5) is 2.38. The lowest BCUT2D eigenvalue weighted by Crippen LogP contribution is -2.50. The molecule has 106 valence electrons. The number of hydrogen-bond donors (Lipinski definition) is 1. The maximum absolute atomic E-state index is 13.4. The van der Waals surface area contributed by atoms with Crippen molar-refractivity contribution < 1.29 is 4.39 Å². The van der Waals surface area contributed by atoms with Crippen molar-refractivity contribution >= 4 is 11.6 Å². The van der Waals surface area contributed by atoms with E-state index in [1.165, 1.54) is 6.42 Å². The summed E-state index contributed by atoms with van der Waals surface area (Å²) in [5.41, 5.74) is 0.993. The number of piperazine rings is 1. The van der Waals surface area contributed by atoms with Gasteiger partial charge in [0.25, 0.3) is 0 Å². The molecule has 1 fully saturated rings. The van der Waals surface area contributed by atoms with Gasteiger partial charge in [0.2, 0.25) is 0 Å². The molecule has 1 aliphatic rings. The molecule has 0 amide bonds. The summed E-state index contributed by atoms with van der Waals surface area (Å²) in [5, 5.41) is 3.75.